The lowest BCUT2D eigenvalue weighted by Crippen LogP contribution is -2.08. The molecule has 2 heterocycles. The molecule has 0 unspecified atom stereocenters. The lowest BCUT2D eigenvalue weighted by molar-refractivity contribution is 0.610. The van der Waals surface area contributed by atoms with Gasteiger partial charge in [-0.3, -0.25) is 0 Å². The highest BCUT2D eigenvalue weighted by atomic mass is 19.1. The van der Waals surface area contributed by atoms with Crippen molar-refractivity contribution in [1.82, 2.24) is 14.6 Å². The fraction of sp³-hybridized carbons (Fsp3) is 0.200. The van der Waals surface area contributed by atoms with Gasteiger partial charge in [-0.2, -0.15) is 5.10 Å². The van der Waals surface area contributed by atoms with Crippen molar-refractivity contribution in [2.75, 3.05) is 11.9 Å². The quantitative estimate of drug-likeness (QED) is 0.792. The van der Waals surface area contributed by atoms with Crippen LogP contribution in [-0.4, -0.2) is 21.1 Å². The summed E-state index contributed by atoms with van der Waals surface area (Å²) in [5.74, 6) is 0.602. The predicted molar refractivity (Wildman–Crippen MR) is 76.3 cm³/mol. The Morgan fingerprint density at radius 2 is 2.15 bits per heavy atom. The molecule has 0 aliphatic rings. The van der Waals surface area contributed by atoms with E-state index < -0.39 is 0 Å². The largest absolute Gasteiger partial charge is 0.368 e. The lowest BCUT2D eigenvalue weighted by atomic mass is 10.1. The molecule has 0 atom stereocenters. The van der Waals surface area contributed by atoms with Crippen LogP contribution in [0.4, 0.5) is 10.2 Å². The van der Waals surface area contributed by atoms with Crippen molar-refractivity contribution in [1.29, 1.82) is 0 Å². The number of fused-ring (bicyclic) bond motifs is 1. The predicted octanol–water partition coefficient (Wildman–Crippen LogP) is 2.83. The Balaban J connectivity index is 1.73. The first-order chi connectivity index (χ1) is 9.74. The van der Waals surface area contributed by atoms with Crippen molar-refractivity contribution in [2.24, 2.45) is 0 Å². The van der Waals surface area contributed by atoms with Gasteiger partial charge in [0.15, 0.2) is 5.82 Å². The van der Waals surface area contributed by atoms with Crippen molar-refractivity contribution in [3.63, 3.8) is 0 Å². The van der Waals surface area contributed by atoms with Gasteiger partial charge < -0.3 is 5.32 Å². The van der Waals surface area contributed by atoms with Gasteiger partial charge in [-0.15, -0.1) is 0 Å². The van der Waals surface area contributed by atoms with E-state index in [0.29, 0.717) is 18.5 Å². The highest BCUT2D eigenvalue weighted by Gasteiger charge is 2.05. The maximum absolute atomic E-state index is 13.5. The SMILES string of the molecule is Cc1cc2c(NCCc3ccccc3F)nccn2n1. The molecule has 1 N–H and O–H groups in total. The lowest BCUT2D eigenvalue weighted by Gasteiger charge is -2.07. The molecule has 0 radical (unpaired) electrons. The Morgan fingerprint density at radius 3 is 3.00 bits per heavy atom. The second kappa shape index (κ2) is 5.28. The van der Waals surface area contributed by atoms with E-state index in [0.717, 1.165) is 17.0 Å². The van der Waals surface area contributed by atoms with Crippen molar-refractivity contribution in [3.05, 3.63) is 59.8 Å². The molecular weight excluding hydrogens is 255 g/mol. The van der Waals surface area contributed by atoms with Crippen LogP contribution in [0.3, 0.4) is 0 Å². The van der Waals surface area contributed by atoms with Crippen molar-refractivity contribution in [3.8, 4) is 0 Å². The van der Waals surface area contributed by atoms with Crippen LogP contribution in [0.1, 0.15) is 11.3 Å². The maximum atomic E-state index is 13.5. The van der Waals surface area contributed by atoms with E-state index in [1.807, 2.05) is 25.3 Å². The fourth-order valence-electron chi connectivity index (χ4n) is 2.20. The van der Waals surface area contributed by atoms with Gasteiger partial charge >= 0.3 is 0 Å². The minimum atomic E-state index is -0.166. The van der Waals surface area contributed by atoms with Gasteiger partial charge in [0.25, 0.3) is 0 Å². The topological polar surface area (TPSA) is 42.2 Å². The molecule has 0 amide bonds. The van der Waals surface area contributed by atoms with Crippen LogP contribution in [0.2, 0.25) is 0 Å². The first-order valence-electron chi connectivity index (χ1n) is 6.52. The smallest absolute Gasteiger partial charge is 0.152 e. The minimum Gasteiger partial charge on any atom is -0.368 e. The summed E-state index contributed by atoms with van der Waals surface area (Å²) < 4.78 is 15.3. The molecule has 0 bridgehead atoms. The number of nitrogens with zero attached hydrogens (tertiary/aromatic N) is 3. The minimum absolute atomic E-state index is 0.166. The molecule has 0 saturated carbocycles. The van der Waals surface area contributed by atoms with E-state index in [2.05, 4.69) is 15.4 Å². The second-order valence-corrected chi connectivity index (χ2v) is 4.66. The summed E-state index contributed by atoms with van der Waals surface area (Å²) in [6.07, 6.45) is 4.12. The van der Waals surface area contributed by atoms with Crippen LogP contribution in [0.25, 0.3) is 5.52 Å². The van der Waals surface area contributed by atoms with Gasteiger partial charge in [0, 0.05) is 18.9 Å². The Kier molecular flexibility index (Phi) is 3.33. The Bertz CT molecular complexity index is 736. The number of hydrogen-bond acceptors (Lipinski definition) is 3. The third-order valence-corrected chi connectivity index (χ3v) is 3.16. The van der Waals surface area contributed by atoms with E-state index in [4.69, 9.17) is 0 Å². The van der Waals surface area contributed by atoms with Gasteiger partial charge in [0.1, 0.15) is 11.3 Å². The van der Waals surface area contributed by atoms with Crippen LogP contribution in [0.5, 0.6) is 0 Å². The molecule has 0 spiro atoms. The number of nitrogens with one attached hydrogen (secondary N) is 1. The maximum Gasteiger partial charge on any atom is 0.152 e. The molecule has 0 aliphatic heterocycles. The zero-order chi connectivity index (χ0) is 13.9. The van der Waals surface area contributed by atoms with Crippen molar-refractivity contribution in [2.45, 2.75) is 13.3 Å². The molecule has 0 saturated heterocycles. The number of aryl methyl sites for hydroxylation is 1. The standard InChI is InChI=1S/C15H15FN4/c1-11-10-14-15(18-8-9-20(14)19-11)17-7-6-12-4-2-3-5-13(12)16/h2-5,8-10H,6-7H2,1H3,(H,17,18). The number of rotatable bonds is 4. The summed E-state index contributed by atoms with van der Waals surface area (Å²) in [6.45, 7) is 2.56. The Morgan fingerprint density at radius 1 is 1.30 bits per heavy atom. The number of hydrogen-bond donors (Lipinski definition) is 1. The molecule has 1 aromatic carbocycles. The summed E-state index contributed by atoms with van der Waals surface area (Å²) in [5.41, 5.74) is 2.57. The van der Waals surface area contributed by atoms with Gasteiger partial charge in [-0.05, 0) is 31.0 Å². The van der Waals surface area contributed by atoms with Crippen LogP contribution in [0, 0.1) is 12.7 Å². The molecule has 0 fully saturated rings. The molecule has 0 aliphatic carbocycles. The van der Waals surface area contributed by atoms with E-state index in [-0.39, 0.29) is 5.82 Å². The molecule has 102 valence electrons. The van der Waals surface area contributed by atoms with Crippen LogP contribution in [-0.2, 0) is 6.42 Å². The zero-order valence-corrected chi connectivity index (χ0v) is 11.2. The Labute approximate surface area is 116 Å². The molecule has 5 heteroatoms. The third kappa shape index (κ3) is 2.47. The molecular formula is C15H15FN4. The fourth-order valence-corrected chi connectivity index (χ4v) is 2.20. The average molecular weight is 270 g/mol. The monoisotopic (exact) mass is 270 g/mol. The summed E-state index contributed by atoms with van der Waals surface area (Å²) in [5, 5.41) is 7.57. The molecule has 4 nitrogen and oxygen atoms in total. The van der Waals surface area contributed by atoms with Crippen LogP contribution < -0.4 is 5.32 Å². The third-order valence-electron chi connectivity index (χ3n) is 3.16. The molecule has 2 aromatic heterocycles. The summed E-state index contributed by atoms with van der Waals surface area (Å²) in [6, 6.07) is 8.79. The highest BCUT2D eigenvalue weighted by molar-refractivity contribution is 5.67. The van der Waals surface area contributed by atoms with Crippen molar-refractivity contribution < 1.29 is 4.39 Å². The molecule has 3 aromatic rings. The van der Waals surface area contributed by atoms with Crippen LogP contribution >= 0.6 is 0 Å². The second-order valence-electron chi connectivity index (χ2n) is 4.66. The first-order valence-corrected chi connectivity index (χ1v) is 6.52. The molecule has 3 rings (SSSR count). The summed E-state index contributed by atoms with van der Waals surface area (Å²) in [7, 11) is 0. The summed E-state index contributed by atoms with van der Waals surface area (Å²) >= 11 is 0. The van der Waals surface area contributed by atoms with Crippen molar-refractivity contribution >= 4 is 11.3 Å². The normalized spacial score (nSPS) is 10.9. The zero-order valence-electron chi connectivity index (χ0n) is 11.2. The van der Waals surface area contributed by atoms with E-state index >= 15 is 0 Å². The van der Waals surface area contributed by atoms with Crippen LogP contribution in [0.15, 0.2) is 42.7 Å². The number of aromatic nitrogens is 3. The number of benzene rings is 1. The van der Waals surface area contributed by atoms with E-state index in [1.165, 1.54) is 6.07 Å². The molecule has 20 heavy (non-hydrogen) atoms. The number of halogens is 1. The van der Waals surface area contributed by atoms with Gasteiger partial charge in [0.2, 0.25) is 0 Å². The van der Waals surface area contributed by atoms with E-state index in [1.54, 1.807) is 22.8 Å². The van der Waals surface area contributed by atoms with Gasteiger partial charge in [-0.25, -0.2) is 13.9 Å². The number of anilines is 1. The van der Waals surface area contributed by atoms with E-state index in [9.17, 15) is 4.39 Å². The summed E-state index contributed by atoms with van der Waals surface area (Å²) in [4.78, 5) is 4.31. The average Bonchev–Trinajstić information content (AvgIpc) is 2.82. The Hall–Kier alpha value is -2.43. The van der Waals surface area contributed by atoms with Gasteiger partial charge in [0.05, 0.1) is 5.69 Å². The first kappa shape index (κ1) is 12.6. The van der Waals surface area contributed by atoms with Gasteiger partial charge in [-0.1, -0.05) is 18.2 Å². The highest BCUT2D eigenvalue weighted by Crippen LogP contribution is 2.15.